The number of hydrogen-bond donors (Lipinski definition) is 2. The Hall–Kier alpha value is -1.23. The largest absolute Gasteiger partial charge is 0.391 e. The fourth-order valence-electron chi connectivity index (χ4n) is 3.09. The van der Waals surface area contributed by atoms with Crippen LogP contribution in [-0.4, -0.2) is 22.7 Å². The second-order valence-electron chi connectivity index (χ2n) is 6.12. The average molecular weight is 316 g/mol. The van der Waals surface area contributed by atoms with Crippen molar-refractivity contribution in [2.45, 2.75) is 50.7 Å². The Morgan fingerprint density at radius 1 is 1.23 bits per heavy atom. The van der Waals surface area contributed by atoms with Crippen molar-refractivity contribution in [1.29, 1.82) is 0 Å². The molecule has 2 aromatic rings. The number of nitrogens with one attached hydrogen (secondary N) is 1. The number of rotatable bonds is 7. The number of aliphatic hydroxyl groups excluding tert-OH is 1. The van der Waals surface area contributed by atoms with Crippen LogP contribution in [0, 0.1) is 0 Å². The van der Waals surface area contributed by atoms with E-state index in [1.54, 1.807) is 0 Å². The number of nitrogens with zero attached hydrogens (tertiary/aromatic N) is 1. The van der Waals surface area contributed by atoms with Gasteiger partial charge in [-0.1, -0.05) is 43.2 Å². The van der Waals surface area contributed by atoms with Crippen molar-refractivity contribution >= 4 is 11.3 Å². The van der Waals surface area contributed by atoms with E-state index in [9.17, 15) is 5.11 Å². The van der Waals surface area contributed by atoms with Crippen LogP contribution in [0.2, 0.25) is 0 Å². The zero-order chi connectivity index (χ0) is 15.2. The summed E-state index contributed by atoms with van der Waals surface area (Å²) < 4.78 is 0. The minimum atomic E-state index is -0.343. The van der Waals surface area contributed by atoms with Crippen molar-refractivity contribution in [2.75, 3.05) is 6.54 Å². The van der Waals surface area contributed by atoms with Gasteiger partial charge in [-0.3, -0.25) is 0 Å². The van der Waals surface area contributed by atoms with Gasteiger partial charge in [0.1, 0.15) is 0 Å². The van der Waals surface area contributed by atoms with Gasteiger partial charge in [0.05, 0.1) is 11.1 Å². The van der Waals surface area contributed by atoms with Gasteiger partial charge in [-0.25, -0.2) is 4.98 Å². The molecule has 0 aliphatic heterocycles. The SMILES string of the molecule is OC(CNCc1cnc(C2CCCC2)s1)Cc1ccccc1. The van der Waals surface area contributed by atoms with Crippen LogP contribution in [0.5, 0.6) is 0 Å². The minimum Gasteiger partial charge on any atom is -0.391 e. The van der Waals surface area contributed by atoms with Gasteiger partial charge in [-0.2, -0.15) is 0 Å². The van der Waals surface area contributed by atoms with Crippen LogP contribution in [0.3, 0.4) is 0 Å². The Morgan fingerprint density at radius 2 is 2.00 bits per heavy atom. The zero-order valence-electron chi connectivity index (χ0n) is 12.9. The molecule has 1 fully saturated rings. The summed E-state index contributed by atoms with van der Waals surface area (Å²) >= 11 is 1.83. The lowest BCUT2D eigenvalue weighted by Crippen LogP contribution is -2.27. The molecule has 1 aromatic heterocycles. The van der Waals surface area contributed by atoms with Crippen LogP contribution in [0.1, 0.15) is 47.0 Å². The lowest BCUT2D eigenvalue weighted by Gasteiger charge is -2.11. The predicted molar refractivity (Wildman–Crippen MR) is 91.2 cm³/mol. The van der Waals surface area contributed by atoms with E-state index < -0.39 is 0 Å². The summed E-state index contributed by atoms with van der Waals surface area (Å²) in [6.07, 6.45) is 7.66. The fraction of sp³-hybridized carbons (Fsp3) is 0.500. The summed E-state index contributed by atoms with van der Waals surface area (Å²) in [4.78, 5) is 5.85. The third-order valence-corrected chi connectivity index (χ3v) is 5.43. The van der Waals surface area contributed by atoms with E-state index >= 15 is 0 Å². The third kappa shape index (κ3) is 4.38. The van der Waals surface area contributed by atoms with Crippen molar-refractivity contribution in [3.63, 3.8) is 0 Å². The van der Waals surface area contributed by atoms with Crippen LogP contribution < -0.4 is 5.32 Å². The molecule has 3 rings (SSSR count). The van der Waals surface area contributed by atoms with Crippen molar-refractivity contribution in [3.8, 4) is 0 Å². The van der Waals surface area contributed by atoms with Gasteiger partial charge < -0.3 is 10.4 Å². The third-order valence-electron chi connectivity index (χ3n) is 4.27. The molecule has 1 saturated carbocycles. The maximum atomic E-state index is 10.1. The minimum absolute atomic E-state index is 0.343. The molecule has 22 heavy (non-hydrogen) atoms. The van der Waals surface area contributed by atoms with E-state index in [1.807, 2.05) is 35.7 Å². The van der Waals surface area contributed by atoms with Gasteiger partial charge >= 0.3 is 0 Å². The monoisotopic (exact) mass is 316 g/mol. The first-order valence-corrected chi connectivity index (χ1v) is 9.00. The first kappa shape index (κ1) is 15.7. The number of benzene rings is 1. The summed E-state index contributed by atoms with van der Waals surface area (Å²) in [7, 11) is 0. The predicted octanol–water partition coefficient (Wildman–Crippen LogP) is 3.49. The highest BCUT2D eigenvalue weighted by Crippen LogP contribution is 2.35. The number of hydrogen-bond acceptors (Lipinski definition) is 4. The van der Waals surface area contributed by atoms with E-state index in [2.05, 4.69) is 22.4 Å². The summed E-state index contributed by atoms with van der Waals surface area (Å²) in [5.74, 6) is 0.697. The molecule has 0 saturated heterocycles. The highest BCUT2D eigenvalue weighted by molar-refractivity contribution is 7.11. The zero-order valence-corrected chi connectivity index (χ0v) is 13.7. The van der Waals surface area contributed by atoms with E-state index in [1.165, 1.54) is 41.1 Å². The molecule has 1 aliphatic rings. The molecule has 0 amide bonds. The number of thiazole rings is 1. The molecule has 1 heterocycles. The Morgan fingerprint density at radius 3 is 2.77 bits per heavy atom. The molecule has 3 nitrogen and oxygen atoms in total. The van der Waals surface area contributed by atoms with Gasteiger partial charge in [-0.05, 0) is 24.8 Å². The van der Waals surface area contributed by atoms with E-state index in [4.69, 9.17) is 0 Å². The first-order chi connectivity index (χ1) is 10.8. The molecule has 1 aromatic carbocycles. The van der Waals surface area contributed by atoms with Crippen molar-refractivity contribution in [1.82, 2.24) is 10.3 Å². The highest BCUT2D eigenvalue weighted by atomic mass is 32.1. The van der Waals surface area contributed by atoms with Crippen LogP contribution in [0.15, 0.2) is 36.5 Å². The van der Waals surface area contributed by atoms with E-state index in [0.29, 0.717) is 18.9 Å². The van der Waals surface area contributed by atoms with Gasteiger partial charge in [-0.15, -0.1) is 11.3 Å². The highest BCUT2D eigenvalue weighted by Gasteiger charge is 2.20. The molecule has 1 aliphatic carbocycles. The van der Waals surface area contributed by atoms with Gasteiger partial charge in [0.15, 0.2) is 0 Å². The van der Waals surface area contributed by atoms with Crippen LogP contribution in [-0.2, 0) is 13.0 Å². The van der Waals surface area contributed by atoms with Crippen LogP contribution in [0.4, 0.5) is 0 Å². The summed E-state index contributed by atoms with van der Waals surface area (Å²) in [5, 5.41) is 14.7. The van der Waals surface area contributed by atoms with Crippen LogP contribution >= 0.6 is 11.3 Å². The smallest absolute Gasteiger partial charge is 0.0959 e. The molecule has 118 valence electrons. The topological polar surface area (TPSA) is 45.1 Å². The summed E-state index contributed by atoms with van der Waals surface area (Å²) in [6, 6.07) is 10.1. The Bertz CT molecular complexity index is 563. The first-order valence-electron chi connectivity index (χ1n) is 8.18. The second-order valence-corrected chi connectivity index (χ2v) is 7.27. The Balaban J connectivity index is 1.41. The van der Waals surface area contributed by atoms with E-state index in [-0.39, 0.29) is 6.10 Å². The lowest BCUT2D eigenvalue weighted by molar-refractivity contribution is 0.171. The average Bonchev–Trinajstić information content (AvgIpc) is 3.19. The summed E-state index contributed by atoms with van der Waals surface area (Å²) in [6.45, 7) is 1.42. The standard InChI is InChI=1S/C18H24N2OS/c21-16(10-14-6-2-1-3-7-14)11-19-12-17-13-20-18(22-17)15-8-4-5-9-15/h1-3,6-7,13,15-16,19,21H,4-5,8-12H2. The lowest BCUT2D eigenvalue weighted by atomic mass is 10.1. The van der Waals surface area contributed by atoms with Crippen molar-refractivity contribution in [2.24, 2.45) is 0 Å². The van der Waals surface area contributed by atoms with Gasteiger partial charge in [0.25, 0.3) is 0 Å². The Labute approximate surface area is 136 Å². The molecule has 0 spiro atoms. The second kappa shape index (κ2) is 7.86. The molecule has 2 N–H and O–H groups in total. The van der Waals surface area contributed by atoms with Crippen molar-refractivity contribution < 1.29 is 5.11 Å². The molecular formula is C18H24N2OS. The van der Waals surface area contributed by atoms with E-state index in [0.717, 1.165) is 6.54 Å². The number of aromatic nitrogens is 1. The molecule has 1 atom stereocenters. The summed E-state index contributed by atoms with van der Waals surface area (Å²) in [5.41, 5.74) is 1.18. The maximum absolute atomic E-state index is 10.1. The number of aliphatic hydroxyl groups is 1. The van der Waals surface area contributed by atoms with Gasteiger partial charge in [0, 0.05) is 30.1 Å². The van der Waals surface area contributed by atoms with Gasteiger partial charge in [0.2, 0.25) is 0 Å². The fourth-order valence-corrected chi connectivity index (χ4v) is 4.14. The van der Waals surface area contributed by atoms with Crippen LogP contribution in [0.25, 0.3) is 0 Å². The Kier molecular flexibility index (Phi) is 5.59. The molecule has 4 heteroatoms. The molecule has 1 unspecified atom stereocenters. The molecule has 0 radical (unpaired) electrons. The molecular weight excluding hydrogens is 292 g/mol. The molecule has 0 bridgehead atoms. The quantitative estimate of drug-likeness (QED) is 0.822. The maximum Gasteiger partial charge on any atom is 0.0959 e. The van der Waals surface area contributed by atoms with Crippen molar-refractivity contribution in [3.05, 3.63) is 52.0 Å². The normalized spacial score (nSPS) is 17.0.